The molecule has 16 heavy (non-hydrogen) atoms. The molecular formula is C11H10FNO3. The van der Waals surface area contributed by atoms with Crippen molar-refractivity contribution in [2.24, 2.45) is 0 Å². The van der Waals surface area contributed by atoms with E-state index >= 15 is 0 Å². The van der Waals surface area contributed by atoms with Gasteiger partial charge in [0.1, 0.15) is 0 Å². The Morgan fingerprint density at radius 1 is 1.50 bits per heavy atom. The summed E-state index contributed by atoms with van der Waals surface area (Å²) in [6.07, 6.45) is -0.272. The molecule has 0 aliphatic carbocycles. The van der Waals surface area contributed by atoms with E-state index in [1.165, 1.54) is 12.1 Å². The number of H-pyrrole nitrogens is 1. The molecule has 1 heterocycles. The van der Waals surface area contributed by atoms with E-state index in [9.17, 15) is 14.3 Å². The maximum atomic E-state index is 13.7. The van der Waals surface area contributed by atoms with Crippen molar-refractivity contribution in [2.75, 3.05) is 0 Å². The third kappa shape index (κ3) is 1.50. The normalized spacial score (nSPS) is 10.9. The zero-order valence-electron chi connectivity index (χ0n) is 8.54. The van der Waals surface area contributed by atoms with Crippen molar-refractivity contribution in [1.82, 2.24) is 4.98 Å². The number of carboxylic acids is 1. The highest BCUT2D eigenvalue weighted by atomic mass is 19.1. The van der Waals surface area contributed by atoms with Gasteiger partial charge in [-0.2, -0.15) is 0 Å². The lowest BCUT2D eigenvalue weighted by atomic mass is 10.1. The number of aromatic amines is 1. The summed E-state index contributed by atoms with van der Waals surface area (Å²) in [5, 5.41) is 18.1. The molecule has 1 aromatic carbocycles. The molecule has 5 heteroatoms. The minimum atomic E-state index is -1.04. The fourth-order valence-corrected chi connectivity index (χ4v) is 1.80. The van der Waals surface area contributed by atoms with Crippen LogP contribution in [0.4, 0.5) is 4.39 Å². The van der Waals surface area contributed by atoms with Crippen LogP contribution in [0.2, 0.25) is 0 Å². The molecule has 0 radical (unpaired) electrons. The molecule has 0 saturated heterocycles. The summed E-state index contributed by atoms with van der Waals surface area (Å²) < 4.78 is 13.7. The van der Waals surface area contributed by atoms with Crippen LogP contribution in [0, 0.1) is 12.7 Å². The molecule has 4 nitrogen and oxygen atoms in total. The van der Waals surface area contributed by atoms with Crippen LogP contribution in [-0.2, 0) is 11.2 Å². The molecule has 0 atom stereocenters. The van der Waals surface area contributed by atoms with Gasteiger partial charge in [-0.25, -0.2) is 4.39 Å². The fourth-order valence-electron chi connectivity index (χ4n) is 1.80. The molecule has 0 aliphatic rings. The zero-order valence-corrected chi connectivity index (χ0v) is 8.54. The number of rotatable bonds is 2. The predicted octanol–water partition coefficient (Wildman–Crippen LogP) is 1.95. The summed E-state index contributed by atoms with van der Waals surface area (Å²) in [5.41, 5.74) is 1.46. The number of phenols is 1. The van der Waals surface area contributed by atoms with Crippen molar-refractivity contribution in [3.8, 4) is 5.75 Å². The van der Waals surface area contributed by atoms with Crippen molar-refractivity contribution in [1.29, 1.82) is 0 Å². The van der Waals surface area contributed by atoms with E-state index in [1.54, 1.807) is 6.92 Å². The number of phenolic OH excluding ortho intramolecular Hbond substituents is 1. The van der Waals surface area contributed by atoms with Gasteiger partial charge in [0, 0.05) is 16.6 Å². The maximum Gasteiger partial charge on any atom is 0.307 e. The topological polar surface area (TPSA) is 73.3 Å². The number of nitrogens with one attached hydrogen (secondary N) is 1. The minimum Gasteiger partial charge on any atom is -0.505 e. The molecule has 2 rings (SSSR count). The number of benzene rings is 1. The summed E-state index contributed by atoms with van der Waals surface area (Å²) in [7, 11) is 0. The van der Waals surface area contributed by atoms with Crippen molar-refractivity contribution < 1.29 is 19.4 Å². The number of carboxylic acid groups (broad SMARTS) is 1. The fraction of sp³-hybridized carbons (Fsp3) is 0.182. The van der Waals surface area contributed by atoms with Crippen molar-refractivity contribution in [3.05, 3.63) is 29.2 Å². The lowest BCUT2D eigenvalue weighted by molar-refractivity contribution is -0.136. The Morgan fingerprint density at radius 3 is 2.81 bits per heavy atom. The van der Waals surface area contributed by atoms with E-state index in [-0.39, 0.29) is 11.8 Å². The molecule has 0 bridgehead atoms. The molecule has 0 unspecified atom stereocenters. The first-order valence-electron chi connectivity index (χ1n) is 4.71. The Labute approximate surface area is 90.3 Å². The zero-order chi connectivity index (χ0) is 11.9. The van der Waals surface area contributed by atoms with E-state index in [1.807, 2.05) is 0 Å². The van der Waals surface area contributed by atoms with Crippen LogP contribution in [0.1, 0.15) is 11.3 Å². The third-order valence-electron chi connectivity index (χ3n) is 2.53. The minimum absolute atomic E-state index is 0.153. The molecule has 0 aliphatic heterocycles. The van der Waals surface area contributed by atoms with Gasteiger partial charge in [-0.3, -0.25) is 4.79 Å². The van der Waals surface area contributed by atoms with Crippen molar-refractivity contribution in [3.63, 3.8) is 0 Å². The largest absolute Gasteiger partial charge is 0.505 e. The quantitative estimate of drug-likeness (QED) is 0.728. The Morgan fingerprint density at radius 2 is 2.19 bits per heavy atom. The number of carbonyl (C=O) groups is 1. The summed E-state index contributed by atoms with van der Waals surface area (Å²) in [5.74, 6) is -2.29. The van der Waals surface area contributed by atoms with Gasteiger partial charge in [0.2, 0.25) is 0 Å². The van der Waals surface area contributed by atoms with Gasteiger partial charge in [-0.05, 0) is 24.6 Å². The number of halogens is 1. The number of aromatic hydroxyl groups is 1. The number of aliphatic carboxylic acids is 1. The third-order valence-corrected chi connectivity index (χ3v) is 2.53. The summed E-state index contributed by atoms with van der Waals surface area (Å²) >= 11 is 0. The van der Waals surface area contributed by atoms with Gasteiger partial charge in [0.05, 0.1) is 6.42 Å². The molecule has 2 aromatic rings. The lowest BCUT2D eigenvalue weighted by Crippen LogP contribution is -2.01. The second kappa shape index (κ2) is 3.52. The van der Waals surface area contributed by atoms with Crippen LogP contribution in [0.5, 0.6) is 5.75 Å². The smallest absolute Gasteiger partial charge is 0.307 e. The second-order valence-corrected chi connectivity index (χ2v) is 3.62. The van der Waals surface area contributed by atoms with Gasteiger partial charge in [-0.1, -0.05) is 0 Å². The first-order valence-corrected chi connectivity index (χ1v) is 4.71. The lowest BCUT2D eigenvalue weighted by Gasteiger charge is -2.00. The molecule has 0 fully saturated rings. The number of aromatic nitrogens is 1. The van der Waals surface area contributed by atoms with Crippen molar-refractivity contribution in [2.45, 2.75) is 13.3 Å². The van der Waals surface area contributed by atoms with E-state index in [4.69, 9.17) is 5.11 Å². The van der Waals surface area contributed by atoms with E-state index in [0.717, 1.165) is 0 Å². The molecule has 0 amide bonds. The Hall–Kier alpha value is -2.04. The van der Waals surface area contributed by atoms with Crippen LogP contribution in [0.3, 0.4) is 0 Å². The standard InChI is InChI=1S/C11H10FNO3/c1-5-6(4-9(15)16)10-7(13-5)2-3-8(14)11(10)12/h2-3,13-14H,4H2,1H3,(H,15,16). The predicted molar refractivity (Wildman–Crippen MR) is 56.0 cm³/mol. The van der Waals surface area contributed by atoms with Gasteiger partial charge in [-0.15, -0.1) is 0 Å². The monoisotopic (exact) mass is 223 g/mol. The molecule has 84 valence electrons. The van der Waals surface area contributed by atoms with E-state index < -0.39 is 17.5 Å². The summed E-state index contributed by atoms with van der Waals surface area (Å²) in [6.45, 7) is 1.68. The highest BCUT2D eigenvalue weighted by molar-refractivity contribution is 5.89. The van der Waals surface area contributed by atoms with E-state index in [2.05, 4.69) is 4.98 Å². The SMILES string of the molecule is Cc1[nH]c2ccc(O)c(F)c2c1CC(=O)O. The van der Waals surface area contributed by atoms with Crippen LogP contribution < -0.4 is 0 Å². The highest BCUT2D eigenvalue weighted by Crippen LogP contribution is 2.30. The number of hydrogen-bond acceptors (Lipinski definition) is 2. The van der Waals surface area contributed by atoms with E-state index in [0.29, 0.717) is 16.8 Å². The number of hydrogen-bond donors (Lipinski definition) is 3. The second-order valence-electron chi connectivity index (χ2n) is 3.62. The molecule has 1 aromatic heterocycles. The average molecular weight is 223 g/mol. The number of aryl methyl sites for hydroxylation is 1. The Bertz CT molecular complexity index is 574. The Kier molecular flexibility index (Phi) is 2.30. The van der Waals surface area contributed by atoms with Crippen LogP contribution in [-0.4, -0.2) is 21.2 Å². The molecule has 0 spiro atoms. The molecular weight excluding hydrogens is 213 g/mol. The average Bonchev–Trinajstić information content (AvgIpc) is 2.50. The molecule has 0 saturated carbocycles. The summed E-state index contributed by atoms with van der Waals surface area (Å²) in [6, 6.07) is 2.75. The van der Waals surface area contributed by atoms with Gasteiger partial charge >= 0.3 is 5.97 Å². The number of fused-ring (bicyclic) bond motifs is 1. The first-order chi connectivity index (χ1) is 7.50. The van der Waals surface area contributed by atoms with Crippen LogP contribution in [0.15, 0.2) is 12.1 Å². The maximum absolute atomic E-state index is 13.7. The molecule has 3 N–H and O–H groups in total. The van der Waals surface area contributed by atoms with Gasteiger partial charge in [0.15, 0.2) is 11.6 Å². The van der Waals surface area contributed by atoms with Gasteiger partial charge < -0.3 is 15.2 Å². The van der Waals surface area contributed by atoms with Crippen LogP contribution in [0.25, 0.3) is 10.9 Å². The van der Waals surface area contributed by atoms with Gasteiger partial charge in [0.25, 0.3) is 0 Å². The summed E-state index contributed by atoms with van der Waals surface area (Å²) in [4.78, 5) is 13.5. The highest BCUT2D eigenvalue weighted by Gasteiger charge is 2.17. The van der Waals surface area contributed by atoms with Crippen molar-refractivity contribution >= 4 is 16.9 Å². The first kappa shape index (κ1) is 10.5. The Balaban J connectivity index is 2.76. The van der Waals surface area contributed by atoms with Crippen LogP contribution >= 0.6 is 0 Å².